The number of nitrogens with zero attached hydrogens (tertiary/aromatic N) is 1. The van der Waals surface area contributed by atoms with Crippen LogP contribution in [0.5, 0.6) is 0 Å². The van der Waals surface area contributed by atoms with E-state index in [1.165, 1.54) is 16.8 Å². The maximum absolute atomic E-state index is 4.55. The van der Waals surface area contributed by atoms with Crippen LogP contribution in [-0.2, 0) is 6.42 Å². The Bertz CT molecular complexity index is 278. The molecule has 0 fully saturated rings. The molecule has 57 valence electrons. The van der Waals surface area contributed by atoms with E-state index in [2.05, 4.69) is 37.4 Å². The van der Waals surface area contributed by atoms with Crippen LogP contribution in [0.1, 0.15) is 18.1 Å². The lowest BCUT2D eigenvalue weighted by molar-refractivity contribution is 0.683. The van der Waals surface area contributed by atoms with Gasteiger partial charge in [-0.15, -0.1) is 0 Å². The summed E-state index contributed by atoms with van der Waals surface area (Å²) in [5.41, 5.74) is 3.96. The molecule has 11 heavy (non-hydrogen) atoms. The topological polar surface area (TPSA) is 14.1 Å². The van der Waals surface area contributed by atoms with E-state index in [-0.39, 0.29) is 0 Å². The Balaban J connectivity index is 2.49. The second-order valence-electron chi connectivity index (χ2n) is 3.26. The van der Waals surface area contributed by atoms with E-state index in [1.807, 2.05) is 0 Å². The summed E-state index contributed by atoms with van der Waals surface area (Å²) in [4.78, 5) is 0. The van der Waals surface area contributed by atoms with Crippen molar-refractivity contribution in [3.63, 3.8) is 0 Å². The van der Waals surface area contributed by atoms with Crippen LogP contribution >= 0.6 is 0 Å². The zero-order chi connectivity index (χ0) is 7.84. The maximum atomic E-state index is 4.55. The van der Waals surface area contributed by atoms with E-state index in [0.29, 0.717) is 6.04 Å². The van der Waals surface area contributed by atoms with E-state index in [1.54, 1.807) is 0 Å². The number of fused-ring (bicyclic) bond motifs is 1. The highest BCUT2D eigenvalue weighted by atomic mass is 14.9. The average molecular weight is 146 g/mol. The van der Waals surface area contributed by atoms with Crippen molar-refractivity contribution in [1.29, 1.82) is 0 Å². The van der Waals surface area contributed by atoms with E-state index < -0.39 is 0 Å². The van der Waals surface area contributed by atoms with E-state index in [9.17, 15) is 0 Å². The molecular formula is C10H12N. The van der Waals surface area contributed by atoms with Crippen LogP contribution in [0, 0.1) is 6.92 Å². The first-order chi connectivity index (χ1) is 5.27. The SMILES string of the molecule is Cc1cccc2c1[N]C(C)C2. The van der Waals surface area contributed by atoms with Crippen molar-refractivity contribution in [2.75, 3.05) is 0 Å². The molecule has 0 spiro atoms. The normalized spacial score (nSPS) is 21.1. The third kappa shape index (κ3) is 1.01. The van der Waals surface area contributed by atoms with Gasteiger partial charge in [0.05, 0.1) is 11.7 Å². The van der Waals surface area contributed by atoms with Crippen LogP contribution in [0.4, 0.5) is 5.69 Å². The zero-order valence-corrected chi connectivity index (χ0v) is 6.96. The lowest BCUT2D eigenvalue weighted by Crippen LogP contribution is -2.07. The van der Waals surface area contributed by atoms with Crippen molar-refractivity contribution < 1.29 is 0 Å². The molecule has 1 aliphatic heterocycles. The fourth-order valence-electron chi connectivity index (χ4n) is 1.65. The van der Waals surface area contributed by atoms with Gasteiger partial charge in [-0.2, -0.15) is 0 Å². The molecule has 1 atom stereocenters. The van der Waals surface area contributed by atoms with Crippen LogP contribution in [0.2, 0.25) is 0 Å². The molecule has 1 heteroatoms. The predicted octanol–water partition coefficient (Wildman–Crippen LogP) is 2.18. The predicted molar refractivity (Wildman–Crippen MR) is 46.1 cm³/mol. The Hall–Kier alpha value is -0.980. The Labute approximate surface area is 67.4 Å². The van der Waals surface area contributed by atoms with Gasteiger partial charge in [0, 0.05) is 0 Å². The summed E-state index contributed by atoms with van der Waals surface area (Å²) in [6, 6.07) is 6.91. The Morgan fingerprint density at radius 3 is 3.00 bits per heavy atom. The van der Waals surface area contributed by atoms with Crippen molar-refractivity contribution in [2.24, 2.45) is 0 Å². The lowest BCUT2D eigenvalue weighted by atomic mass is 10.1. The van der Waals surface area contributed by atoms with Crippen LogP contribution in [0.3, 0.4) is 0 Å². The maximum Gasteiger partial charge on any atom is 0.0639 e. The second kappa shape index (κ2) is 2.26. The molecule has 0 bridgehead atoms. The third-order valence-electron chi connectivity index (χ3n) is 2.19. The van der Waals surface area contributed by atoms with Gasteiger partial charge < -0.3 is 0 Å². The van der Waals surface area contributed by atoms with Gasteiger partial charge in [0.25, 0.3) is 0 Å². The summed E-state index contributed by atoms with van der Waals surface area (Å²) in [6.45, 7) is 4.29. The largest absolute Gasteiger partial charge is 0.281 e. The first-order valence-corrected chi connectivity index (χ1v) is 4.06. The number of benzene rings is 1. The van der Waals surface area contributed by atoms with Gasteiger partial charge in [0.15, 0.2) is 0 Å². The summed E-state index contributed by atoms with van der Waals surface area (Å²) in [5.74, 6) is 0. The minimum atomic E-state index is 0.492. The molecule has 0 saturated carbocycles. The summed E-state index contributed by atoms with van der Waals surface area (Å²) in [5, 5.41) is 4.55. The van der Waals surface area contributed by atoms with Crippen LogP contribution in [0.15, 0.2) is 18.2 Å². The van der Waals surface area contributed by atoms with Gasteiger partial charge in [-0.3, -0.25) is 5.32 Å². The molecule has 1 unspecified atom stereocenters. The van der Waals surface area contributed by atoms with Gasteiger partial charge in [0.1, 0.15) is 0 Å². The van der Waals surface area contributed by atoms with Crippen LogP contribution in [0.25, 0.3) is 0 Å². The molecule has 0 N–H and O–H groups in total. The number of rotatable bonds is 0. The number of hydrogen-bond donors (Lipinski definition) is 0. The molecule has 1 radical (unpaired) electrons. The molecule has 0 aromatic heterocycles. The molecular weight excluding hydrogens is 134 g/mol. The molecule has 1 aromatic rings. The van der Waals surface area contributed by atoms with Crippen molar-refractivity contribution in [3.05, 3.63) is 29.3 Å². The molecule has 0 saturated heterocycles. The zero-order valence-electron chi connectivity index (χ0n) is 6.96. The standard InChI is InChI=1S/C10H12N/c1-7-4-3-5-9-6-8(2)11-10(7)9/h3-5,8H,6H2,1-2H3. The van der Waals surface area contributed by atoms with E-state index in [0.717, 1.165) is 6.42 Å². The second-order valence-corrected chi connectivity index (χ2v) is 3.26. The number of aryl methyl sites for hydroxylation is 1. The van der Waals surface area contributed by atoms with Gasteiger partial charge >= 0.3 is 0 Å². The lowest BCUT2D eigenvalue weighted by Gasteiger charge is -2.01. The first-order valence-electron chi connectivity index (χ1n) is 4.06. The Morgan fingerprint density at radius 2 is 2.27 bits per heavy atom. The minimum absolute atomic E-state index is 0.492. The highest BCUT2D eigenvalue weighted by Gasteiger charge is 2.18. The minimum Gasteiger partial charge on any atom is -0.281 e. The number of para-hydroxylation sites is 1. The van der Waals surface area contributed by atoms with Gasteiger partial charge in [-0.25, -0.2) is 0 Å². The van der Waals surface area contributed by atoms with E-state index >= 15 is 0 Å². The highest BCUT2D eigenvalue weighted by Crippen LogP contribution is 2.28. The van der Waals surface area contributed by atoms with Crippen LogP contribution < -0.4 is 5.32 Å². The van der Waals surface area contributed by atoms with Crippen LogP contribution in [-0.4, -0.2) is 6.04 Å². The van der Waals surface area contributed by atoms with Gasteiger partial charge in [-0.05, 0) is 31.4 Å². The molecule has 1 heterocycles. The quantitative estimate of drug-likeness (QED) is 0.532. The summed E-state index contributed by atoms with van der Waals surface area (Å²) in [7, 11) is 0. The van der Waals surface area contributed by atoms with Crippen molar-refractivity contribution >= 4 is 5.69 Å². The summed E-state index contributed by atoms with van der Waals surface area (Å²) < 4.78 is 0. The molecule has 0 amide bonds. The monoisotopic (exact) mass is 146 g/mol. The molecule has 1 aliphatic rings. The fourth-order valence-corrected chi connectivity index (χ4v) is 1.65. The molecule has 2 rings (SSSR count). The first kappa shape index (κ1) is 6.71. The fraction of sp³-hybridized carbons (Fsp3) is 0.400. The van der Waals surface area contributed by atoms with Crippen molar-refractivity contribution in [1.82, 2.24) is 5.32 Å². The summed E-state index contributed by atoms with van der Waals surface area (Å²) in [6.07, 6.45) is 1.12. The van der Waals surface area contributed by atoms with Crippen molar-refractivity contribution in [3.8, 4) is 0 Å². The smallest absolute Gasteiger partial charge is 0.0639 e. The summed E-state index contributed by atoms with van der Waals surface area (Å²) >= 11 is 0. The van der Waals surface area contributed by atoms with Crippen molar-refractivity contribution in [2.45, 2.75) is 26.3 Å². The Kier molecular flexibility index (Phi) is 1.38. The highest BCUT2D eigenvalue weighted by molar-refractivity contribution is 5.55. The molecule has 1 nitrogen and oxygen atoms in total. The molecule has 1 aromatic carbocycles. The van der Waals surface area contributed by atoms with E-state index in [4.69, 9.17) is 0 Å². The third-order valence-corrected chi connectivity index (χ3v) is 2.19. The number of hydrogen-bond acceptors (Lipinski definition) is 0. The average Bonchev–Trinajstić information content (AvgIpc) is 2.31. The van der Waals surface area contributed by atoms with Gasteiger partial charge in [-0.1, -0.05) is 18.2 Å². The molecule has 0 aliphatic carbocycles. The van der Waals surface area contributed by atoms with Gasteiger partial charge in [0.2, 0.25) is 0 Å². The Morgan fingerprint density at radius 1 is 1.45 bits per heavy atom.